The molecular formula is C4H8Cl3O3P. The normalized spacial score (nSPS) is 18.5. The zero-order valence-electron chi connectivity index (χ0n) is 5.63. The monoisotopic (exact) mass is 240 g/mol. The lowest BCUT2D eigenvalue weighted by molar-refractivity contribution is -0.0334. The SMILES string of the molecule is C1COCCO1.O=P(Cl)(Cl)Cl. The molecule has 0 radical (unpaired) electrons. The van der Waals surface area contributed by atoms with Gasteiger partial charge in [0.2, 0.25) is 0 Å². The molecule has 1 rings (SSSR count). The van der Waals surface area contributed by atoms with Crippen molar-refractivity contribution in [1.82, 2.24) is 0 Å². The Morgan fingerprint density at radius 3 is 1.18 bits per heavy atom. The summed E-state index contributed by atoms with van der Waals surface area (Å²) in [6.07, 6.45) is 0. The fourth-order valence-electron chi connectivity index (χ4n) is 0.440. The second kappa shape index (κ2) is 6.53. The van der Waals surface area contributed by atoms with Gasteiger partial charge >= 0.3 is 5.20 Å². The Labute approximate surface area is 79.6 Å². The molecule has 0 aromatic heterocycles. The van der Waals surface area contributed by atoms with Gasteiger partial charge in [0.1, 0.15) is 0 Å². The molecule has 7 heteroatoms. The molecule has 0 aromatic carbocycles. The van der Waals surface area contributed by atoms with E-state index in [1.54, 1.807) is 0 Å². The summed E-state index contributed by atoms with van der Waals surface area (Å²) in [7, 11) is 0. The molecule has 11 heavy (non-hydrogen) atoms. The lowest BCUT2D eigenvalue weighted by atomic mass is 10.6. The van der Waals surface area contributed by atoms with E-state index in [-0.39, 0.29) is 0 Å². The number of rotatable bonds is 0. The van der Waals surface area contributed by atoms with Gasteiger partial charge in [-0.1, -0.05) is 0 Å². The summed E-state index contributed by atoms with van der Waals surface area (Å²) < 4.78 is 19.4. The molecule has 1 aliphatic rings. The Morgan fingerprint density at radius 2 is 1.09 bits per heavy atom. The van der Waals surface area contributed by atoms with Crippen LogP contribution in [0.3, 0.4) is 0 Å². The maximum Gasteiger partial charge on any atom is 0.339 e. The molecule has 1 fully saturated rings. The molecule has 1 aliphatic heterocycles. The molecule has 0 aliphatic carbocycles. The first-order valence-electron chi connectivity index (χ1n) is 2.84. The van der Waals surface area contributed by atoms with Crippen LogP contribution in [0.15, 0.2) is 0 Å². The molecule has 0 amide bonds. The van der Waals surface area contributed by atoms with Gasteiger partial charge in [0.05, 0.1) is 26.4 Å². The van der Waals surface area contributed by atoms with Crippen molar-refractivity contribution in [3.05, 3.63) is 0 Å². The molecule has 1 saturated heterocycles. The van der Waals surface area contributed by atoms with Crippen molar-refractivity contribution in [3.8, 4) is 0 Å². The predicted molar refractivity (Wildman–Crippen MR) is 46.8 cm³/mol. The van der Waals surface area contributed by atoms with Crippen molar-refractivity contribution in [2.24, 2.45) is 0 Å². The number of ether oxygens (including phenoxy) is 2. The van der Waals surface area contributed by atoms with Crippen molar-refractivity contribution in [2.75, 3.05) is 26.4 Å². The van der Waals surface area contributed by atoms with E-state index in [9.17, 15) is 4.57 Å². The van der Waals surface area contributed by atoms with Crippen LogP contribution in [-0.2, 0) is 14.0 Å². The zero-order valence-corrected chi connectivity index (χ0v) is 8.80. The summed E-state index contributed by atoms with van der Waals surface area (Å²) >= 11 is 13.8. The van der Waals surface area contributed by atoms with Crippen molar-refractivity contribution in [1.29, 1.82) is 0 Å². The summed E-state index contributed by atoms with van der Waals surface area (Å²) in [5, 5.41) is -3.22. The molecule has 0 N–H and O–H groups in total. The minimum Gasteiger partial charge on any atom is -0.377 e. The van der Waals surface area contributed by atoms with Crippen LogP contribution in [0, 0.1) is 0 Å². The molecular weight excluding hydrogens is 233 g/mol. The van der Waals surface area contributed by atoms with E-state index in [0.29, 0.717) is 0 Å². The number of hydrogen-bond donors (Lipinski definition) is 0. The Morgan fingerprint density at radius 1 is 0.909 bits per heavy atom. The van der Waals surface area contributed by atoms with E-state index in [1.165, 1.54) is 0 Å². The average molecular weight is 241 g/mol. The van der Waals surface area contributed by atoms with Crippen molar-refractivity contribution in [2.45, 2.75) is 0 Å². The zero-order chi connectivity index (χ0) is 8.74. The highest BCUT2D eigenvalue weighted by Crippen LogP contribution is 2.61. The van der Waals surface area contributed by atoms with E-state index in [0.717, 1.165) is 26.4 Å². The van der Waals surface area contributed by atoms with E-state index in [2.05, 4.69) is 33.7 Å². The molecule has 0 unspecified atom stereocenters. The molecule has 3 nitrogen and oxygen atoms in total. The predicted octanol–water partition coefficient (Wildman–Crippen LogP) is 2.84. The number of halogens is 3. The summed E-state index contributed by atoms with van der Waals surface area (Å²) in [5.74, 6) is 0. The van der Waals surface area contributed by atoms with Crippen LogP contribution in [0.4, 0.5) is 0 Å². The molecule has 1 heterocycles. The smallest absolute Gasteiger partial charge is 0.339 e. The second-order valence-electron chi connectivity index (χ2n) is 1.62. The third-order valence-electron chi connectivity index (χ3n) is 0.744. The van der Waals surface area contributed by atoms with Gasteiger partial charge < -0.3 is 9.47 Å². The van der Waals surface area contributed by atoms with Gasteiger partial charge in [0.15, 0.2) is 0 Å². The molecule has 0 saturated carbocycles. The maximum absolute atomic E-state index is 9.51. The fraction of sp³-hybridized carbons (Fsp3) is 1.00. The van der Waals surface area contributed by atoms with Crippen molar-refractivity contribution in [3.63, 3.8) is 0 Å². The highest BCUT2D eigenvalue weighted by atomic mass is 36.0. The molecule has 68 valence electrons. The first-order valence-corrected chi connectivity index (χ1v) is 7.27. The Hall–Kier alpha value is 1.02. The fourth-order valence-corrected chi connectivity index (χ4v) is 0.440. The third kappa shape index (κ3) is 18.2. The second-order valence-corrected chi connectivity index (χ2v) is 8.26. The Kier molecular flexibility index (Phi) is 7.13. The van der Waals surface area contributed by atoms with Gasteiger partial charge in [-0.05, 0) is 33.7 Å². The molecule has 0 aromatic rings. The topological polar surface area (TPSA) is 35.5 Å². The Bertz CT molecular complexity index is 113. The maximum atomic E-state index is 9.51. The highest BCUT2D eigenvalue weighted by molar-refractivity contribution is 8.24. The van der Waals surface area contributed by atoms with Crippen LogP contribution >= 0.6 is 38.9 Å². The minimum absolute atomic E-state index is 0.778. The van der Waals surface area contributed by atoms with Gasteiger partial charge in [-0.15, -0.1) is 0 Å². The first-order chi connectivity index (χ1) is 5.00. The van der Waals surface area contributed by atoms with E-state index in [1.807, 2.05) is 0 Å². The lowest BCUT2D eigenvalue weighted by Gasteiger charge is -2.09. The Balaban J connectivity index is 0.000000187. The van der Waals surface area contributed by atoms with Gasteiger partial charge in [0, 0.05) is 0 Å². The van der Waals surface area contributed by atoms with Crippen LogP contribution in [0.5, 0.6) is 0 Å². The summed E-state index contributed by atoms with van der Waals surface area (Å²) in [4.78, 5) is 0. The van der Waals surface area contributed by atoms with E-state index < -0.39 is 5.20 Å². The van der Waals surface area contributed by atoms with Crippen LogP contribution < -0.4 is 0 Å². The quantitative estimate of drug-likeness (QED) is 0.612. The molecule has 0 atom stereocenters. The summed E-state index contributed by atoms with van der Waals surface area (Å²) in [5.41, 5.74) is 0. The van der Waals surface area contributed by atoms with Gasteiger partial charge in [-0.2, -0.15) is 0 Å². The van der Waals surface area contributed by atoms with Crippen molar-refractivity contribution >= 4 is 38.9 Å². The van der Waals surface area contributed by atoms with Crippen LogP contribution in [0.25, 0.3) is 0 Å². The van der Waals surface area contributed by atoms with Crippen LogP contribution in [0.2, 0.25) is 0 Å². The third-order valence-corrected chi connectivity index (χ3v) is 0.744. The van der Waals surface area contributed by atoms with Crippen LogP contribution in [0.1, 0.15) is 0 Å². The van der Waals surface area contributed by atoms with Crippen molar-refractivity contribution < 1.29 is 14.0 Å². The van der Waals surface area contributed by atoms with Gasteiger partial charge in [-0.25, -0.2) is 0 Å². The van der Waals surface area contributed by atoms with E-state index in [4.69, 9.17) is 9.47 Å². The molecule has 0 spiro atoms. The lowest BCUT2D eigenvalue weighted by Crippen LogP contribution is -2.16. The summed E-state index contributed by atoms with van der Waals surface area (Å²) in [6.45, 7) is 3.11. The van der Waals surface area contributed by atoms with Gasteiger partial charge in [-0.3, -0.25) is 4.57 Å². The minimum atomic E-state index is -3.22. The average Bonchev–Trinajstić information content (AvgIpc) is 1.88. The molecule has 0 bridgehead atoms. The van der Waals surface area contributed by atoms with E-state index >= 15 is 0 Å². The van der Waals surface area contributed by atoms with Crippen LogP contribution in [-0.4, -0.2) is 26.4 Å². The summed E-state index contributed by atoms with van der Waals surface area (Å²) in [6, 6.07) is 0. The highest BCUT2D eigenvalue weighted by Gasteiger charge is 2.02. The standard InChI is InChI=1S/C4H8O2.Cl3OP/c1-2-6-4-3-5-1;1-5(2,3)4/h1-4H2;. The number of hydrogen-bond acceptors (Lipinski definition) is 3. The largest absolute Gasteiger partial charge is 0.377 e. The first kappa shape index (κ1) is 12.0. The van der Waals surface area contributed by atoms with Gasteiger partial charge in [0.25, 0.3) is 0 Å².